The third-order valence-corrected chi connectivity index (χ3v) is 1.30. The van der Waals surface area contributed by atoms with Gasteiger partial charge in [-0.3, -0.25) is 10.1 Å². The normalized spacial score (nSPS) is 9.83. The molecule has 0 radical (unpaired) electrons. The van der Waals surface area contributed by atoms with E-state index in [1.165, 1.54) is 0 Å². The quantitative estimate of drug-likeness (QED) is 0.398. The Balaban J connectivity index is 3.36. The van der Waals surface area contributed by atoms with Gasteiger partial charge in [0.25, 0.3) is 0 Å². The largest absolute Gasteiger partial charge is 0.394 e. The number of nitrogens with two attached hydrogens (primary N) is 1. The molecule has 1 aromatic carbocycles. The van der Waals surface area contributed by atoms with Gasteiger partial charge in [0.2, 0.25) is 5.82 Å². The lowest BCUT2D eigenvalue weighted by atomic mass is 10.2. The summed E-state index contributed by atoms with van der Waals surface area (Å²) in [6.45, 7) is 0. The zero-order valence-electron chi connectivity index (χ0n) is 5.75. The van der Waals surface area contributed by atoms with Crippen molar-refractivity contribution in [1.82, 2.24) is 0 Å². The predicted molar refractivity (Wildman–Crippen MR) is 37.4 cm³/mol. The second-order valence-corrected chi connectivity index (χ2v) is 2.05. The highest BCUT2D eigenvalue weighted by Crippen LogP contribution is 2.24. The Morgan fingerprint density at radius 1 is 1.42 bits per heavy atom. The third-order valence-electron chi connectivity index (χ3n) is 1.30. The molecule has 0 atom stereocenters. The lowest BCUT2D eigenvalue weighted by molar-refractivity contribution is -0.387. The molecule has 2 N–H and O–H groups in total. The number of anilines is 1. The van der Waals surface area contributed by atoms with Gasteiger partial charge < -0.3 is 5.73 Å². The molecular formula is C6H4F2N2O2. The number of hydrogen-bond donors (Lipinski definition) is 1. The van der Waals surface area contributed by atoms with Crippen LogP contribution in [-0.4, -0.2) is 4.92 Å². The average molecular weight is 174 g/mol. The second-order valence-electron chi connectivity index (χ2n) is 2.05. The Morgan fingerprint density at radius 3 is 2.50 bits per heavy atom. The first-order valence-electron chi connectivity index (χ1n) is 2.92. The molecule has 0 fully saturated rings. The standard InChI is InChI=1S/C6H4F2N2O2/c7-3-1-2-4(10(11)12)5(8)6(3)9/h1-2H,9H2. The van der Waals surface area contributed by atoms with E-state index in [1.54, 1.807) is 0 Å². The molecule has 0 aliphatic carbocycles. The van der Waals surface area contributed by atoms with Crippen LogP contribution in [0.5, 0.6) is 0 Å². The zero-order valence-corrected chi connectivity index (χ0v) is 5.75. The first-order chi connectivity index (χ1) is 5.54. The summed E-state index contributed by atoms with van der Waals surface area (Å²) in [6, 6.07) is 1.47. The fourth-order valence-corrected chi connectivity index (χ4v) is 0.699. The van der Waals surface area contributed by atoms with Crippen LogP contribution >= 0.6 is 0 Å². The van der Waals surface area contributed by atoms with Gasteiger partial charge in [-0.1, -0.05) is 0 Å². The number of nitrogen functional groups attached to an aromatic ring is 1. The van der Waals surface area contributed by atoms with Crippen molar-refractivity contribution < 1.29 is 13.7 Å². The molecule has 12 heavy (non-hydrogen) atoms. The third kappa shape index (κ3) is 1.18. The zero-order chi connectivity index (χ0) is 9.30. The summed E-state index contributed by atoms with van der Waals surface area (Å²) in [5.41, 5.74) is 3.21. The molecule has 0 amide bonds. The molecule has 0 aliphatic heterocycles. The van der Waals surface area contributed by atoms with Gasteiger partial charge >= 0.3 is 5.69 Å². The highest BCUT2D eigenvalue weighted by atomic mass is 19.1. The molecule has 0 saturated heterocycles. The second kappa shape index (κ2) is 2.72. The molecule has 1 aromatic rings. The summed E-state index contributed by atoms with van der Waals surface area (Å²) in [6.07, 6.45) is 0. The minimum Gasteiger partial charge on any atom is -0.394 e. The first kappa shape index (κ1) is 8.38. The van der Waals surface area contributed by atoms with Crippen LogP contribution in [0.15, 0.2) is 12.1 Å². The summed E-state index contributed by atoms with van der Waals surface area (Å²) in [5.74, 6) is -2.34. The fourth-order valence-electron chi connectivity index (χ4n) is 0.699. The summed E-state index contributed by atoms with van der Waals surface area (Å²) in [7, 11) is 0. The number of nitro benzene ring substituents is 1. The van der Waals surface area contributed by atoms with Gasteiger partial charge in [0.15, 0.2) is 0 Å². The highest BCUT2D eigenvalue weighted by molar-refractivity contribution is 5.50. The smallest absolute Gasteiger partial charge is 0.307 e. The highest BCUT2D eigenvalue weighted by Gasteiger charge is 2.18. The topological polar surface area (TPSA) is 69.2 Å². The van der Waals surface area contributed by atoms with Gasteiger partial charge in [-0.2, -0.15) is 4.39 Å². The van der Waals surface area contributed by atoms with Crippen LogP contribution in [0.3, 0.4) is 0 Å². The Labute approximate surface area is 65.8 Å². The van der Waals surface area contributed by atoms with Crippen molar-refractivity contribution >= 4 is 11.4 Å². The van der Waals surface area contributed by atoms with Crippen molar-refractivity contribution in [1.29, 1.82) is 0 Å². The maximum absolute atomic E-state index is 12.7. The number of halogens is 2. The van der Waals surface area contributed by atoms with Crippen LogP contribution in [0.1, 0.15) is 0 Å². The lowest BCUT2D eigenvalue weighted by Gasteiger charge is -1.97. The Hall–Kier alpha value is -1.72. The van der Waals surface area contributed by atoms with Crippen LogP contribution in [0.4, 0.5) is 20.2 Å². The van der Waals surface area contributed by atoms with Gasteiger partial charge in [0.1, 0.15) is 11.5 Å². The monoisotopic (exact) mass is 174 g/mol. The molecule has 0 heterocycles. The van der Waals surface area contributed by atoms with E-state index in [4.69, 9.17) is 5.73 Å². The molecule has 1 rings (SSSR count). The number of nitro groups is 1. The average Bonchev–Trinajstić information content (AvgIpc) is 2.00. The van der Waals surface area contributed by atoms with Crippen molar-refractivity contribution in [3.63, 3.8) is 0 Å². The van der Waals surface area contributed by atoms with Crippen molar-refractivity contribution in [2.24, 2.45) is 0 Å². The number of nitrogens with zero attached hydrogens (tertiary/aromatic N) is 1. The number of rotatable bonds is 1. The van der Waals surface area contributed by atoms with E-state index in [-0.39, 0.29) is 0 Å². The molecule has 0 aliphatic rings. The van der Waals surface area contributed by atoms with E-state index >= 15 is 0 Å². The van der Waals surface area contributed by atoms with E-state index in [2.05, 4.69) is 0 Å². The van der Waals surface area contributed by atoms with Crippen molar-refractivity contribution in [3.8, 4) is 0 Å². The van der Waals surface area contributed by atoms with E-state index in [9.17, 15) is 18.9 Å². The van der Waals surface area contributed by atoms with Crippen molar-refractivity contribution in [2.75, 3.05) is 5.73 Å². The fraction of sp³-hybridized carbons (Fsp3) is 0. The van der Waals surface area contributed by atoms with Gasteiger partial charge in [0, 0.05) is 6.07 Å². The number of hydrogen-bond acceptors (Lipinski definition) is 3. The molecule has 0 bridgehead atoms. The SMILES string of the molecule is Nc1c(F)ccc([N+](=O)[O-])c1F. The van der Waals surface area contributed by atoms with Crippen LogP contribution in [0.25, 0.3) is 0 Å². The van der Waals surface area contributed by atoms with E-state index in [0.717, 1.165) is 12.1 Å². The van der Waals surface area contributed by atoms with Crippen LogP contribution in [-0.2, 0) is 0 Å². The summed E-state index contributed by atoms with van der Waals surface area (Å²) < 4.78 is 25.1. The van der Waals surface area contributed by atoms with Crippen LogP contribution in [0, 0.1) is 21.7 Å². The number of benzene rings is 1. The maximum Gasteiger partial charge on any atom is 0.307 e. The molecule has 0 spiro atoms. The summed E-state index contributed by atoms with van der Waals surface area (Å²) in [5, 5.41) is 10.1. The maximum atomic E-state index is 12.7. The molecule has 64 valence electrons. The lowest BCUT2D eigenvalue weighted by Crippen LogP contribution is -2.00. The van der Waals surface area contributed by atoms with Crippen molar-refractivity contribution in [3.05, 3.63) is 33.9 Å². The predicted octanol–water partition coefficient (Wildman–Crippen LogP) is 1.46. The van der Waals surface area contributed by atoms with E-state index in [1.807, 2.05) is 0 Å². The molecule has 0 aromatic heterocycles. The van der Waals surface area contributed by atoms with Gasteiger partial charge in [-0.25, -0.2) is 4.39 Å². The van der Waals surface area contributed by atoms with E-state index < -0.39 is 27.9 Å². The van der Waals surface area contributed by atoms with Crippen LogP contribution in [0.2, 0.25) is 0 Å². The molecule has 4 nitrogen and oxygen atoms in total. The Bertz CT molecular complexity index is 341. The minimum atomic E-state index is -1.33. The Morgan fingerprint density at radius 2 is 2.00 bits per heavy atom. The van der Waals surface area contributed by atoms with E-state index in [0.29, 0.717) is 0 Å². The van der Waals surface area contributed by atoms with Gasteiger partial charge in [-0.15, -0.1) is 0 Å². The van der Waals surface area contributed by atoms with Crippen molar-refractivity contribution in [2.45, 2.75) is 0 Å². The van der Waals surface area contributed by atoms with Gasteiger partial charge in [-0.05, 0) is 6.07 Å². The molecule has 0 saturated carbocycles. The summed E-state index contributed by atoms with van der Waals surface area (Å²) >= 11 is 0. The minimum absolute atomic E-state index is 0.723. The van der Waals surface area contributed by atoms with Crippen LogP contribution < -0.4 is 5.73 Å². The Kier molecular flexibility index (Phi) is 1.90. The first-order valence-corrected chi connectivity index (χ1v) is 2.92. The van der Waals surface area contributed by atoms with Gasteiger partial charge in [0.05, 0.1) is 4.92 Å². The summed E-state index contributed by atoms with van der Waals surface area (Å²) in [4.78, 5) is 9.11. The molecular weight excluding hydrogens is 170 g/mol. The molecule has 6 heteroatoms. The molecule has 0 unspecified atom stereocenters.